The predicted molar refractivity (Wildman–Crippen MR) is 84.6 cm³/mol. The van der Waals surface area contributed by atoms with Gasteiger partial charge in [-0.3, -0.25) is 0 Å². The molecule has 0 heterocycles. The summed E-state index contributed by atoms with van der Waals surface area (Å²) in [5.41, 5.74) is 0.883. The van der Waals surface area contributed by atoms with Gasteiger partial charge in [-0.25, -0.2) is 12.7 Å². The van der Waals surface area contributed by atoms with Crippen LogP contribution >= 0.6 is 0 Å². The molecule has 1 aromatic carbocycles. The monoisotopic (exact) mass is 314 g/mol. The summed E-state index contributed by atoms with van der Waals surface area (Å²) in [6.07, 6.45) is -0.416. The molecule has 0 radical (unpaired) electrons. The number of hydrogen-bond donors (Lipinski definition) is 2. The van der Waals surface area contributed by atoms with E-state index >= 15 is 0 Å². The maximum Gasteiger partial charge on any atom is 0.242 e. The zero-order chi connectivity index (χ0) is 16.2. The molecule has 0 spiro atoms. The molecule has 6 heteroatoms. The van der Waals surface area contributed by atoms with Crippen LogP contribution in [0.3, 0.4) is 0 Å². The third-order valence-electron chi connectivity index (χ3n) is 3.54. The molecule has 0 aliphatic carbocycles. The van der Waals surface area contributed by atoms with Gasteiger partial charge in [0, 0.05) is 26.7 Å². The van der Waals surface area contributed by atoms with Crippen LogP contribution in [0.5, 0.6) is 0 Å². The Kier molecular flexibility index (Phi) is 6.34. The van der Waals surface area contributed by atoms with Gasteiger partial charge < -0.3 is 10.4 Å². The zero-order valence-electron chi connectivity index (χ0n) is 13.4. The summed E-state index contributed by atoms with van der Waals surface area (Å²) in [4.78, 5) is 0.281. The van der Waals surface area contributed by atoms with Crippen LogP contribution in [0.15, 0.2) is 29.2 Å². The van der Waals surface area contributed by atoms with E-state index in [0.29, 0.717) is 6.54 Å². The van der Waals surface area contributed by atoms with Gasteiger partial charge >= 0.3 is 0 Å². The van der Waals surface area contributed by atoms with Crippen LogP contribution in [0.2, 0.25) is 0 Å². The van der Waals surface area contributed by atoms with Crippen LogP contribution < -0.4 is 5.32 Å². The maximum absolute atomic E-state index is 12.1. The lowest BCUT2D eigenvalue weighted by molar-refractivity contribution is 0.120. The fraction of sp³-hybridized carbons (Fsp3) is 0.600. The first-order valence-corrected chi connectivity index (χ1v) is 8.54. The smallest absolute Gasteiger partial charge is 0.242 e. The van der Waals surface area contributed by atoms with Crippen molar-refractivity contribution in [3.8, 4) is 0 Å². The van der Waals surface area contributed by atoms with Crippen LogP contribution in [-0.2, 0) is 10.0 Å². The molecule has 0 saturated carbocycles. The van der Waals surface area contributed by atoms with Gasteiger partial charge in [0.15, 0.2) is 0 Å². The average Bonchev–Trinajstić information content (AvgIpc) is 2.44. The molecule has 120 valence electrons. The molecule has 0 fully saturated rings. The van der Waals surface area contributed by atoms with Gasteiger partial charge in [0.25, 0.3) is 0 Å². The van der Waals surface area contributed by atoms with E-state index < -0.39 is 16.1 Å². The summed E-state index contributed by atoms with van der Waals surface area (Å²) >= 11 is 0. The topological polar surface area (TPSA) is 69.6 Å². The minimum absolute atomic E-state index is 0.0317. The standard InChI is InChI=1S/C15H26N2O3S/c1-11(2)15(18)10-16-12(3)13-7-6-8-14(9-13)21(19,20)17(4)5/h6-9,11-12,15-16,18H,10H2,1-5H3. The Hall–Kier alpha value is -0.950. The lowest BCUT2D eigenvalue weighted by atomic mass is 10.1. The fourth-order valence-corrected chi connectivity index (χ4v) is 2.76. The molecule has 5 nitrogen and oxygen atoms in total. The Morgan fingerprint density at radius 3 is 2.38 bits per heavy atom. The van der Waals surface area contributed by atoms with Crippen molar-refractivity contribution in [2.24, 2.45) is 5.92 Å². The molecule has 0 bridgehead atoms. The quantitative estimate of drug-likeness (QED) is 0.802. The number of nitrogens with one attached hydrogen (secondary N) is 1. The number of hydrogen-bond acceptors (Lipinski definition) is 4. The number of sulfonamides is 1. The van der Waals surface area contributed by atoms with Gasteiger partial charge in [-0.15, -0.1) is 0 Å². The largest absolute Gasteiger partial charge is 0.392 e. The van der Waals surface area contributed by atoms with Crippen molar-refractivity contribution >= 4 is 10.0 Å². The second-order valence-electron chi connectivity index (χ2n) is 5.80. The molecule has 2 unspecified atom stereocenters. The lowest BCUT2D eigenvalue weighted by Gasteiger charge is -2.20. The SMILES string of the molecule is CC(NCC(O)C(C)C)c1cccc(S(=O)(=O)N(C)C)c1. The minimum atomic E-state index is -3.42. The highest BCUT2D eigenvalue weighted by atomic mass is 32.2. The first-order chi connectivity index (χ1) is 9.66. The van der Waals surface area contributed by atoms with E-state index in [1.807, 2.05) is 26.8 Å². The highest BCUT2D eigenvalue weighted by Gasteiger charge is 2.18. The van der Waals surface area contributed by atoms with Gasteiger partial charge in [0.2, 0.25) is 10.0 Å². The summed E-state index contributed by atoms with van der Waals surface area (Å²) in [7, 11) is -0.388. The average molecular weight is 314 g/mol. The lowest BCUT2D eigenvalue weighted by Crippen LogP contribution is -2.32. The third-order valence-corrected chi connectivity index (χ3v) is 5.35. The van der Waals surface area contributed by atoms with Crippen LogP contribution in [0.25, 0.3) is 0 Å². The first-order valence-electron chi connectivity index (χ1n) is 7.10. The number of benzene rings is 1. The molecule has 2 N–H and O–H groups in total. The number of aliphatic hydroxyl groups is 1. The Labute approximate surface area is 128 Å². The van der Waals surface area contributed by atoms with Crippen molar-refractivity contribution in [3.63, 3.8) is 0 Å². The van der Waals surface area contributed by atoms with E-state index in [1.165, 1.54) is 18.4 Å². The molecule has 1 aromatic rings. The molecule has 0 aliphatic heterocycles. The summed E-state index contributed by atoms with van der Waals surface area (Å²) in [6, 6.07) is 6.86. The van der Waals surface area contributed by atoms with E-state index in [2.05, 4.69) is 5.32 Å². The summed E-state index contributed by atoms with van der Waals surface area (Å²) in [6.45, 7) is 6.35. The summed E-state index contributed by atoms with van der Waals surface area (Å²) < 4.78 is 25.5. The van der Waals surface area contributed by atoms with Gasteiger partial charge in [0.1, 0.15) is 0 Å². The van der Waals surface area contributed by atoms with Crippen molar-refractivity contribution in [1.82, 2.24) is 9.62 Å². The Morgan fingerprint density at radius 2 is 1.86 bits per heavy atom. The molecule has 21 heavy (non-hydrogen) atoms. The molecule has 0 aromatic heterocycles. The van der Waals surface area contributed by atoms with E-state index in [9.17, 15) is 13.5 Å². The molecule has 0 amide bonds. The van der Waals surface area contributed by atoms with Gasteiger partial charge in [0.05, 0.1) is 11.0 Å². The van der Waals surface area contributed by atoms with Crippen LogP contribution in [0.1, 0.15) is 32.4 Å². The zero-order valence-corrected chi connectivity index (χ0v) is 14.2. The Balaban J connectivity index is 2.86. The van der Waals surface area contributed by atoms with E-state index in [0.717, 1.165) is 5.56 Å². The second-order valence-corrected chi connectivity index (χ2v) is 7.95. The van der Waals surface area contributed by atoms with Crippen LogP contribution in [-0.4, -0.2) is 44.6 Å². The van der Waals surface area contributed by atoms with Crippen LogP contribution in [0, 0.1) is 5.92 Å². The van der Waals surface area contributed by atoms with Crippen molar-refractivity contribution in [2.75, 3.05) is 20.6 Å². The third kappa shape index (κ3) is 4.78. The fourth-order valence-electron chi connectivity index (χ4n) is 1.81. The maximum atomic E-state index is 12.1. The summed E-state index contributed by atoms with van der Waals surface area (Å²) in [5.74, 6) is 0.185. The molecule has 0 aliphatic rings. The number of nitrogens with zero attached hydrogens (tertiary/aromatic N) is 1. The van der Waals surface area contributed by atoms with Gasteiger partial charge in [-0.2, -0.15) is 0 Å². The van der Waals surface area contributed by atoms with Crippen LogP contribution in [0.4, 0.5) is 0 Å². The highest BCUT2D eigenvalue weighted by molar-refractivity contribution is 7.89. The molecular formula is C15H26N2O3S. The van der Waals surface area contributed by atoms with Crippen molar-refractivity contribution in [2.45, 2.75) is 37.8 Å². The second kappa shape index (κ2) is 7.35. The van der Waals surface area contributed by atoms with E-state index in [4.69, 9.17) is 0 Å². The van der Waals surface area contributed by atoms with E-state index in [1.54, 1.807) is 18.2 Å². The van der Waals surface area contributed by atoms with Crippen molar-refractivity contribution < 1.29 is 13.5 Å². The van der Waals surface area contributed by atoms with E-state index in [-0.39, 0.29) is 16.9 Å². The Bertz CT molecular complexity index is 556. The highest BCUT2D eigenvalue weighted by Crippen LogP contribution is 2.19. The number of rotatable bonds is 7. The molecule has 0 saturated heterocycles. The summed E-state index contributed by atoms with van der Waals surface area (Å²) in [5, 5.41) is 13.0. The first kappa shape index (κ1) is 18.1. The van der Waals surface area contributed by atoms with Crippen molar-refractivity contribution in [3.05, 3.63) is 29.8 Å². The number of aliphatic hydroxyl groups excluding tert-OH is 1. The Morgan fingerprint density at radius 1 is 1.24 bits per heavy atom. The van der Waals surface area contributed by atoms with Crippen molar-refractivity contribution in [1.29, 1.82) is 0 Å². The molecule has 2 atom stereocenters. The predicted octanol–water partition coefficient (Wildman–Crippen LogP) is 1.60. The molecule has 1 rings (SSSR count). The van der Waals surface area contributed by atoms with Gasteiger partial charge in [-0.05, 0) is 30.5 Å². The minimum Gasteiger partial charge on any atom is -0.392 e. The van der Waals surface area contributed by atoms with Gasteiger partial charge in [-0.1, -0.05) is 26.0 Å². The molecular weight excluding hydrogens is 288 g/mol. The normalized spacial score (nSPS) is 15.4.